The van der Waals surface area contributed by atoms with Crippen LogP contribution in [0, 0.1) is 41.5 Å². The van der Waals surface area contributed by atoms with Gasteiger partial charge < -0.3 is 4.12 Å². The van der Waals surface area contributed by atoms with E-state index in [0.717, 1.165) is 0 Å². The maximum absolute atomic E-state index is 8.70. The number of hydrogen-bond donors (Lipinski definition) is 0. The average molecular weight is 1140 g/mol. The molecule has 0 bridgehead atoms. The summed E-state index contributed by atoms with van der Waals surface area (Å²) in [6, 6.07) is 122. The third-order valence-electron chi connectivity index (χ3n) is 17.3. The van der Waals surface area contributed by atoms with Crippen LogP contribution in [-0.2, 0) is 4.12 Å². The average Bonchev–Trinajstić information content (AvgIpc) is 1.31. The lowest BCUT2D eigenvalue weighted by molar-refractivity contribution is 0.598. The summed E-state index contributed by atoms with van der Waals surface area (Å²) in [5.74, 6) is 0. The van der Waals surface area contributed by atoms with Crippen molar-refractivity contribution in [1.29, 1.82) is 0 Å². The molecule has 5 heteroatoms. The second-order valence-corrected chi connectivity index (χ2v) is 39.8. The van der Waals surface area contributed by atoms with Crippen molar-refractivity contribution in [3.63, 3.8) is 0 Å². The van der Waals surface area contributed by atoms with Crippen molar-refractivity contribution in [2.75, 3.05) is 0 Å². The van der Waals surface area contributed by atoms with Gasteiger partial charge >= 0.3 is 0 Å². The Morgan fingerprint density at radius 1 is 0.169 bits per heavy atom. The number of benzene rings is 12. The van der Waals surface area contributed by atoms with Gasteiger partial charge in [0.25, 0.3) is 16.6 Å². The summed E-state index contributed by atoms with van der Waals surface area (Å²) < 4.78 is 8.70. The third kappa shape index (κ3) is 10.1. The van der Waals surface area contributed by atoms with Crippen molar-refractivity contribution in [3.05, 3.63) is 361 Å². The highest BCUT2D eigenvalue weighted by Crippen LogP contribution is 2.26. The molecule has 0 aromatic heterocycles. The molecule has 0 unspecified atom stereocenters. The van der Waals surface area contributed by atoms with Crippen LogP contribution in [0.1, 0.15) is 33.4 Å². The van der Waals surface area contributed by atoms with Gasteiger partial charge in [-0.1, -0.05) is 359 Å². The SMILES string of the molecule is Cc1ccccc1[Si](O[Si](c1ccccc1C)(c1ccccc1C)c1ccccc1C)(c1ccccc1C)c1ccccc1C.c1ccc([Si](c2ccccc2)(c2ccccc2)[Si](c2ccccc2)(c2ccccc2)c2ccccc2)cc1. The molecule has 406 valence electrons. The van der Waals surface area contributed by atoms with E-state index in [1.165, 1.54) is 95.6 Å². The standard InChI is InChI=1S/C42H42OSi2.C36H30Si2/c1-31-19-7-13-25-37(31)44(38-26-14-8-20-32(38)2,39-27-15-9-21-33(39)3)43-45(40-28-16-10-22-34(40)4,41-29-17-11-23-35(41)5)42-30-18-12-24-36(42)6;1-7-19-31(20-8-1)37(32-21-9-2-10-22-32,33-23-11-3-12-24-33)38(34-25-13-4-14-26-34,35-27-15-5-16-28-35)36-29-17-6-18-30-36/h7-30H,1-6H3;1-30H. The minimum atomic E-state index is -3.25. The Kier molecular flexibility index (Phi) is 16.9. The maximum Gasteiger partial charge on any atom is 0.279 e. The zero-order valence-electron chi connectivity index (χ0n) is 48.6. The molecule has 0 atom stereocenters. The van der Waals surface area contributed by atoms with Gasteiger partial charge in [-0.25, -0.2) is 0 Å². The molecule has 83 heavy (non-hydrogen) atoms. The summed E-state index contributed by atoms with van der Waals surface area (Å²) in [6.45, 7) is 13.6. The summed E-state index contributed by atoms with van der Waals surface area (Å²) >= 11 is 0. The Bertz CT molecular complexity index is 3400. The van der Waals surface area contributed by atoms with Gasteiger partial charge in [-0.05, 0) is 106 Å². The fourth-order valence-electron chi connectivity index (χ4n) is 13.7. The molecule has 0 amide bonds. The number of rotatable bonds is 15. The molecule has 0 N–H and O–H groups in total. The molecule has 0 spiro atoms. The van der Waals surface area contributed by atoms with E-state index >= 15 is 0 Å². The molecular weight excluding hydrogens is 1070 g/mol. The second-order valence-electron chi connectivity index (χ2n) is 22.1. The van der Waals surface area contributed by atoms with Crippen LogP contribution in [0.5, 0.6) is 0 Å². The fourth-order valence-corrected chi connectivity index (χ4v) is 45.2. The summed E-state index contributed by atoms with van der Waals surface area (Å²) in [5.41, 5.74) is 7.57. The molecule has 0 aliphatic heterocycles. The van der Waals surface area contributed by atoms with E-state index in [9.17, 15) is 0 Å². The van der Waals surface area contributed by atoms with Gasteiger partial charge in [-0.3, -0.25) is 0 Å². The summed E-state index contributed by atoms with van der Waals surface area (Å²) in [4.78, 5) is 0. The van der Waals surface area contributed by atoms with Gasteiger partial charge in [0.1, 0.15) is 0 Å². The molecule has 0 saturated carbocycles. The predicted molar refractivity (Wildman–Crippen MR) is 365 cm³/mol. The molecule has 0 radical (unpaired) electrons. The lowest BCUT2D eigenvalue weighted by atomic mass is 10.2. The van der Waals surface area contributed by atoms with Gasteiger partial charge in [-0.15, -0.1) is 0 Å². The first kappa shape index (κ1) is 56.3. The summed E-state index contributed by atoms with van der Waals surface area (Å²) in [7, 11) is -12.1. The van der Waals surface area contributed by atoms with Crippen molar-refractivity contribution in [2.24, 2.45) is 0 Å². The van der Waals surface area contributed by atoms with Gasteiger partial charge in [-0.2, -0.15) is 0 Å². The molecule has 0 aliphatic carbocycles. The van der Waals surface area contributed by atoms with Gasteiger partial charge in [0, 0.05) is 0 Å². The number of aryl methyl sites for hydroxylation is 6. The lowest BCUT2D eigenvalue weighted by Crippen LogP contribution is -2.94. The Balaban J connectivity index is 0.000000176. The smallest absolute Gasteiger partial charge is 0.279 e. The number of hydrogen-bond acceptors (Lipinski definition) is 1. The molecule has 12 aromatic rings. The second kappa shape index (κ2) is 24.9. The van der Waals surface area contributed by atoms with Crippen molar-refractivity contribution < 1.29 is 4.12 Å². The predicted octanol–water partition coefficient (Wildman–Crippen LogP) is 10.6. The van der Waals surface area contributed by atoms with E-state index in [0.29, 0.717) is 0 Å². The van der Waals surface area contributed by atoms with Crippen molar-refractivity contribution in [3.8, 4) is 0 Å². The van der Waals surface area contributed by atoms with Crippen LogP contribution in [0.3, 0.4) is 0 Å². The Morgan fingerprint density at radius 3 is 0.446 bits per heavy atom. The highest BCUT2D eigenvalue weighted by Gasteiger charge is 2.62. The normalized spacial score (nSPS) is 11.8. The first-order valence-electron chi connectivity index (χ1n) is 29.1. The first-order chi connectivity index (χ1) is 40.7. The Labute approximate surface area is 497 Å². The molecule has 0 heterocycles. The topological polar surface area (TPSA) is 9.23 Å². The lowest BCUT2D eigenvalue weighted by Gasteiger charge is -2.50. The highest BCUT2D eigenvalue weighted by atomic mass is 29.3. The minimum Gasteiger partial charge on any atom is -0.435 e. The zero-order chi connectivity index (χ0) is 57.3. The zero-order valence-corrected chi connectivity index (χ0v) is 52.6. The minimum absolute atomic E-state index is 1.26. The Hall–Kier alpha value is -8.53. The van der Waals surface area contributed by atoms with Crippen LogP contribution in [-0.4, -0.2) is 31.8 Å². The fraction of sp³-hybridized carbons (Fsp3) is 0.0769. The summed E-state index contributed by atoms with van der Waals surface area (Å²) in [5, 5.41) is 16.5. The van der Waals surface area contributed by atoms with Gasteiger partial charge in [0.15, 0.2) is 15.2 Å². The van der Waals surface area contributed by atoms with E-state index < -0.39 is 31.8 Å². The quantitative estimate of drug-likeness (QED) is 0.0734. The van der Waals surface area contributed by atoms with E-state index in [4.69, 9.17) is 4.12 Å². The van der Waals surface area contributed by atoms with Crippen molar-refractivity contribution in [1.82, 2.24) is 0 Å². The van der Waals surface area contributed by atoms with E-state index in [1.807, 2.05) is 0 Å². The first-order valence-corrected chi connectivity index (χ1v) is 37.9. The van der Waals surface area contributed by atoms with E-state index in [2.05, 4.69) is 369 Å². The molecule has 0 aliphatic rings. The van der Waals surface area contributed by atoms with Gasteiger partial charge in [0.05, 0.1) is 0 Å². The van der Waals surface area contributed by atoms with E-state index in [1.54, 1.807) is 0 Å². The monoisotopic (exact) mass is 1140 g/mol. The molecule has 12 aromatic carbocycles. The molecular formula is C78H72OSi4. The van der Waals surface area contributed by atoms with Gasteiger partial charge in [0.2, 0.25) is 0 Å². The van der Waals surface area contributed by atoms with Crippen LogP contribution in [0.25, 0.3) is 0 Å². The third-order valence-corrected chi connectivity index (χ3v) is 44.5. The largest absolute Gasteiger partial charge is 0.435 e. The molecule has 12 rings (SSSR count). The van der Waals surface area contributed by atoms with Crippen molar-refractivity contribution in [2.45, 2.75) is 41.5 Å². The summed E-state index contributed by atoms with van der Waals surface area (Å²) in [6.07, 6.45) is 0. The van der Waals surface area contributed by atoms with Crippen molar-refractivity contribution >= 4 is 94.1 Å². The van der Waals surface area contributed by atoms with Crippen LogP contribution in [0.4, 0.5) is 0 Å². The molecule has 1 nitrogen and oxygen atoms in total. The van der Waals surface area contributed by atoms with Crippen LogP contribution in [0.2, 0.25) is 0 Å². The van der Waals surface area contributed by atoms with Crippen LogP contribution >= 0.6 is 0 Å². The molecule has 0 saturated heterocycles. The van der Waals surface area contributed by atoms with Crippen LogP contribution in [0.15, 0.2) is 328 Å². The maximum atomic E-state index is 8.70. The van der Waals surface area contributed by atoms with E-state index in [-0.39, 0.29) is 0 Å². The highest BCUT2D eigenvalue weighted by molar-refractivity contribution is 7.67. The van der Waals surface area contributed by atoms with Crippen LogP contribution < -0.4 is 62.2 Å². The Morgan fingerprint density at radius 2 is 0.301 bits per heavy atom. The molecule has 0 fully saturated rings.